The van der Waals surface area contributed by atoms with Crippen LogP contribution in [0.3, 0.4) is 0 Å². The van der Waals surface area contributed by atoms with E-state index in [9.17, 15) is 13.2 Å². The minimum Gasteiger partial charge on any atom is -0.457 e. The van der Waals surface area contributed by atoms with Crippen LogP contribution in [0, 0.1) is 6.07 Å². The average molecular weight is 506 g/mol. The molecule has 4 rings (SSSR count). The molecule has 0 saturated heterocycles. The van der Waals surface area contributed by atoms with E-state index in [1.54, 1.807) is 91.0 Å². The fourth-order valence-corrected chi connectivity index (χ4v) is 4.74. The molecule has 4 aromatic carbocycles. The third kappa shape index (κ3) is 6.93. The van der Waals surface area contributed by atoms with Gasteiger partial charge in [-0.1, -0.05) is 60.1 Å². The van der Waals surface area contributed by atoms with Gasteiger partial charge in [0.25, 0.3) is 0 Å². The summed E-state index contributed by atoms with van der Waals surface area (Å²) in [4.78, 5) is 13.2. The van der Waals surface area contributed by atoms with E-state index in [2.05, 4.69) is 16.1 Å². The summed E-state index contributed by atoms with van der Waals surface area (Å²) in [6.07, 6.45) is 0.169. The highest BCUT2D eigenvalue weighted by atomic mass is 35.5. The molecule has 1 amide bonds. The molecule has 1 atom stereocenters. The quantitative estimate of drug-likeness (QED) is 0.316. The van der Waals surface area contributed by atoms with Crippen molar-refractivity contribution in [3.8, 4) is 11.5 Å². The van der Waals surface area contributed by atoms with E-state index < -0.39 is 22.0 Å². The Morgan fingerprint density at radius 2 is 1.60 bits per heavy atom. The Hall–Kier alpha value is -3.65. The number of amides is 1. The lowest BCUT2D eigenvalue weighted by molar-refractivity contribution is -0.117. The smallest absolute Gasteiger partial charge is 0.242 e. The molecule has 0 fully saturated rings. The van der Waals surface area contributed by atoms with Crippen molar-refractivity contribution in [3.05, 3.63) is 120 Å². The van der Waals surface area contributed by atoms with E-state index >= 15 is 0 Å². The third-order valence-corrected chi connectivity index (χ3v) is 6.77. The maximum Gasteiger partial charge on any atom is 0.242 e. The van der Waals surface area contributed by atoms with Crippen molar-refractivity contribution in [3.63, 3.8) is 0 Å². The topological polar surface area (TPSA) is 84.5 Å². The number of nitrogens with one attached hydrogen (secondary N) is 2. The molecule has 0 spiro atoms. The molecule has 177 valence electrons. The number of rotatable bonds is 9. The van der Waals surface area contributed by atoms with Gasteiger partial charge in [0.2, 0.25) is 15.9 Å². The van der Waals surface area contributed by atoms with Crippen LogP contribution in [-0.2, 0) is 21.2 Å². The standard InChI is InChI=1S/C27H22ClN2O4S/c28-21-10-7-11-24(19-21)34-23-16-14-22(15-17-23)29-27(31)26(18-20-8-3-1-4-9-20)30-35(32,33)25-12-5-2-6-13-25/h2-17,19,26,30H,18H2,(H,29,31). The van der Waals surface area contributed by atoms with Crippen molar-refractivity contribution >= 4 is 33.2 Å². The number of carbonyl (C=O) groups is 1. The zero-order valence-electron chi connectivity index (χ0n) is 18.5. The summed E-state index contributed by atoms with van der Waals surface area (Å²) in [6.45, 7) is 0. The first-order chi connectivity index (χ1) is 16.9. The molecule has 2 N–H and O–H groups in total. The largest absolute Gasteiger partial charge is 0.457 e. The van der Waals surface area contributed by atoms with Gasteiger partial charge in [0.15, 0.2) is 0 Å². The second-order valence-electron chi connectivity index (χ2n) is 7.67. The molecule has 0 aliphatic carbocycles. The van der Waals surface area contributed by atoms with Gasteiger partial charge in [0, 0.05) is 10.7 Å². The number of halogens is 1. The lowest BCUT2D eigenvalue weighted by Crippen LogP contribution is -2.45. The van der Waals surface area contributed by atoms with Crippen LogP contribution in [0.1, 0.15) is 5.56 Å². The van der Waals surface area contributed by atoms with Crippen molar-refractivity contribution in [2.24, 2.45) is 0 Å². The first-order valence-corrected chi connectivity index (χ1v) is 12.6. The molecule has 35 heavy (non-hydrogen) atoms. The summed E-state index contributed by atoms with van der Waals surface area (Å²) < 4.78 is 34.1. The van der Waals surface area contributed by atoms with Gasteiger partial charge in [0.05, 0.1) is 4.90 Å². The SMILES string of the molecule is O=C(Nc1ccc(Oc2cccc(Cl)c2)cc1)C(Cc1cc[c]cc1)NS(=O)(=O)c1ccccc1. The predicted molar refractivity (Wildman–Crippen MR) is 136 cm³/mol. The molecule has 1 radical (unpaired) electrons. The van der Waals surface area contributed by atoms with Crippen molar-refractivity contribution in [2.75, 3.05) is 5.32 Å². The van der Waals surface area contributed by atoms with Gasteiger partial charge >= 0.3 is 0 Å². The van der Waals surface area contributed by atoms with Crippen LogP contribution in [0.25, 0.3) is 0 Å². The predicted octanol–water partition coefficient (Wildman–Crippen LogP) is 5.46. The molecular formula is C27H22ClN2O4S. The van der Waals surface area contributed by atoms with Gasteiger partial charge in [-0.25, -0.2) is 8.42 Å². The van der Waals surface area contributed by atoms with Crippen molar-refractivity contribution in [1.29, 1.82) is 0 Å². The normalized spacial score (nSPS) is 12.0. The highest BCUT2D eigenvalue weighted by Crippen LogP contribution is 2.25. The Labute approximate surface area is 209 Å². The Morgan fingerprint density at radius 1 is 0.886 bits per heavy atom. The fourth-order valence-electron chi connectivity index (χ4n) is 3.34. The number of hydrogen-bond acceptors (Lipinski definition) is 4. The molecule has 0 aliphatic rings. The molecule has 8 heteroatoms. The van der Waals surface area contributed by atoms with Crippen LogP contribution in [-0.4, -0.2) is 20.4 Å². The van der Waals surface area contributed by atoms with Crippen molar-refractivity contribution in [1.82, 2.24) is 4.72 Å². The first kappa shape index (κ1) is 24.5. The third-order valence-electron chi connectivity index (χ3n) is 5.05. The van der Waals surface area contributed by atoms with Crippen LogP contribution >= 0.6 is 11.6 Å². The molecule has 0 bridgehead atoms. The zero-order valence-corrected chi connectivity index (χ0v) is 20.1. The minimum absolute atomic E-state index is 0.0849. The average Bonchev–Trinajstić information content (AvgIpc) is 2.86. The highest BCUT2D eigenvalue weighted by molar-refractivity contribution is 7.89. The Kier molecular flexibility index (Phi) is 7.82. The summed E-state index contributed by atoms with van der Waals surface area (Å²) in [5.41, 5.74) is 1.30. The number of hydrogen-bond donors (Lipinski definition) is 2. The number of benzene rings is 4. The number of sulfonamides is 1. The molecule has 0 saturated carbocycles. The molecular weight excluding hydrogens is 484 g/mol. The summed E-state index contributed by atoms with van der Waals surface area (Å²) in [6, 6.07) is 30.6. The second-order valence-corrected chi connectivity index (χ2v) is 9.82. The second kappa shape index (κ2) is 11.2. The summed E-state index contributed by atoms with van der Waals surface area (Å²) in [7, 11) is -3.91. The van der Waals surface area contributed by atoms with E-state index in [4.69, 9.17) is 16.3 Å². The van der Waals surface area contributed by atoms with Gasteiger partial charge in [-0.05, 0) is 72.6 Å². The summed E-state index contributed by atoms with van der Waals surface area (Å²) in [5.74, 6) is 0.665. The van der Waals surface area contributed by atoms with Gasteiger partial charge < -0.3 is 10.1 Å². The first-order valence-electron chi connectivity index (χ1n) is 10.8. The van der Waals surface area contributed by atoms with E-state index in [1.807, 2.05) is 0 Å². The van der Waals surface area contributed by atoms with Gasteiger partial charge in [-0.15, -0.1) is 0 Å². The maximum atomic E-state index is 13.1. The minimum atomic E-state index is -3.91. The molecule has 6 nitrogen and oxygen atoms in total. The Bertz CT molecular complexity index is 1380. The summed E-state index contributed by atoms with van der Waals surface area (Å²) >= 11 is 5.99. The number of anilines is 1. The van der Waals surface area contributed by atoms with Crippen LogP contribution in [0.4, 0.5) is 5.69 Å². The summed E-state index contributed by atoms with van der Waals surface area (Å²) in [5, 5.41) is 3.35. The van der Waals surface area contributed by atoms with Crippen molar-refractivity contribution in [2.45, 2.75) is 17.4 Å². The lowest BCUT2D eigenvalue weighted by Gasteiger charge is -2.19. The Balaban J connectivity index is 1.49. The number of ether oxygens (including phenoxy) is 1. The molecule has 4 aromatic rings. The Morgan fingerprint density at radius 3 is 2.29 bits per heavy atom. The molecule has 0 aliphatic heterocycles. The van der Waals surface area contributed by atoms with Crippen LogP contribution in [0.2, 0.25) is 5.02 Å². The van der Waals surface area contributed by atoms with Crippen molar-refractivity contribution < 1.29 is 17.9 Å². The van der Waals surface area contributed by atoms with E-state index in [0.29, 0.717) is 22.2 Å². The van der Waals surface area contributed by atoms with Gasteiger partial charge in [0.1, 0.15) is 17.5 Å². The lowest BCUT2D eigenvalue weighted by atomic mass is 10.1. The number of carbonyl (C=O) groups excluding carboxylic acids is 1. The fraction of sp³-hybridized carbons (Fsp3) is 0.0741. The zero-order chi connectivity index (χ0) is 24.7. The maximum absolute atomic E-state index is 13.1. The van der Waals surface area contributed by atoms with E-state index in [-0.39, 0.29) is 11.3 Å². The molecule has 0 aromatic heterocycles. The van der Waals surface area contributed by atoms with E-state index in [1.165, 1.54) is 12.1 Å². The van der Waals surface area contributed by atoms with Gasteiger partial charge in [-0.2, -0.15) is 4.72 Å². The monoisotopic (exact) mass is 505 g/mol. The highest BCUT2D eigenvalue weighted by Gasteiger charge is 2.26. The van der Waals surface area contributed by atoms with E-state index in [0.717, 1.165) is 5.56 Å². The van der Waals surface area contributed by atoms with Gasteiger partial charge in [-0.3, -0.25) is 4.79 Å². The van der Waals surface area contributed by atoms with Crippen LogP contribution < -0.4 is 14.8 Å². The van der Waals surface area contributed by atoms with Crippen LogP contribution in [0.5, 0.6) is 11.5 Å². The molecule has 0 heterocycles. The van der Waals surface area contributed by atoms with Crippen LogP contribution in [0.15, 0.2) is 108 Å². The molecule has 1 unspecified atom stereocenters.